The van der Waals surface area contributed by atoms with Gasteiger partial charge in [0.1, 0.15) is 18.4 Å². The zero-order valence-corrected chi connectivity index (χ0v) is 16.0. The van der Waals surface area contributed by atoms with E-state index in [1.807, 2.05) is 18.2 Å². The number of benzene rings is 1. The summed E-state index contributed by atoms with van der Waals surface area (Å²) in [4.78, 5) is 24.6. The lowest BCUT2D eigenvalue weighted by atomic mass is 10.1. The molecule has 0 radical (unpaired) electrons. The van der Waals surface area contributed by atoms with E-state index in [1.54, 1.807) is 6.07 Å². The van der Waals surface area contributed by atoms with Gasteiger partial charge in [-0.1, -0.05) is 12.1 Å². The van der Waals surface area contributed by atoms with E-state index in [2.05, 4.69) is 10.4 Å². The number of sulfone groups is 1. The second-order valence-electron chi connectivity index (χ2n) is 7.05. The van der Waals surface area contributed by atoms with Gasteiger partial charge in [-0.2, -0.15) is 5.10 Å². The van der Waals surface area contributed by atoms with Crippen molar-refractivity contribution in [2.45, 2.75) is 31.4 Å². The second kappa shape index (κ2) is 7.42. The van der Waals surface area contributed by atoms with Gasteiger partial charge in [0, 0.05) is 12.8 Å². The highest BCUT2D eigenvalue weighted by atomic mass is 32.2. The van der Waals surface area contributed by atoms with Crippen LogP contribution in [0, 0.1) is 0 Å². The third-order valence-electron chi connectivity index (χ3n) is 4.93. The minimum Gasteiger partial charge on any atom is -0.486 e. The van der Waals surface area contributed by atoms with Crippen LogP contribution in [0.25, 0.3) is 0 Å². The molecule has 0 unspecified atom stereocenters. The summed E-state index contributed by atoms with van der Waals surface area (Å²) < 4.78 is 34.8. The Balaban J connectivity index is 1.37. The molecule has 1 fully saturated rings. The largest absolute Gasteiger partial charge is 0.486 e. The third-order valence-corrected chi connectivity index (χ3v) is 6.68. The summed E-state index contributed by atoms with van der Waals surface area (Å²) in [5.74, 6) is 0.590. The molecule has 9 nitrogen and oxygen atoms in total. The van der Waals surface area contributed by atoms with Gasteiger partial charge >= 0.3 is 0 Å². The van der Waals surface area contributed by atoms with Gasteiger partial charge in [0.15, 0.2) is 21.3 Å². The van der Waals surface area contributed by atoms with Crippen molar-refractivity contribution < 1.29 is 27.5 Å². The predicted molar refractivity (Wildman–Crippen MR) is 99.9 cm³/mol. The lowest BCUT2D eigenvalue weighted by molar-refractivity contribution is -0.133. The van der Waals surface area contributed by atoms with Crippen LogP contribution in [0.2, 0.25) is 0 Å². The maximum Gasteiger partial charge on any atom is 0.267 e. The number of amides is 2. The number of fused-ring (bicyclic) bond motifs is 1. The average Bonchev–Trinajstić information content (AvgIpc) is 3.06. The van der Waals surface area contributed by atoms with Gasteiger partial charge in [0.05, 0.1) is 24.1 Å². The molecule has 0 aliphatic carbocycles. The number of hydrogen-bond acceptors (Lipinski definition) is 7. The summed E-state index contributed by atoms with van der Waals surface area (Å²) in [6, 6.07) is 6.82. The Labute approximate surface area is 162 Å². The first-order chi connectivity index (χ1) is 13.4. The molecule has 0 bridgehead atoms. The van der Waals surface area contributed by atoms with Crippen molar-refractivity contribution in [2.75, 3.05) is 24.7 Å². The van der Waals surface area contributed by atoms with Crippen molar-refractivity contribution >= 4 is 27.4 Å². The number of ether oxygens (including phenoxy) is 2. The maximum atomic E-state index is 12.5. The van der Waals surface area contributed by atoms with Crippen molar-refractivity contribution in [3.8, 4) is 11.5 Å². The summed E-state index contributed by atoms with van der Waals surface area (Å²) >= 11 is 0. The van der Waals surface area contributed by atoms with Crippen LogP contribution in [0.1, 0.15) is 19.3 Å². The Morgan fingerprint density at radius 1 is 1.25 bits per heavy atom. The van der Waals surface area contributed by atoms with Gasteiger partial charge in [-0.15, -0.1) is 0 Å². The van der Waals surface area contributed by atoms with Crippen molar-refractivity contribution in [3.63, 3.8) is 0 Å². The number of nitrogens with zero attached hydrogens (tertiary/aromatic N) is 2. The molecule has 150 valence electrons. The van der Waals surface area contributed by atoms with Crippen molar-refractivity contribution in [2.24, 2.45) is 5.10 Å². The first-order valence-corrected chi connectivity index (χ1v) is 11.0. The second-order valence-corrected chi connectivity index (χ2v) is 9.28. The number of carbonyl (C=O) groups is 2. The summed E-state index contributed by atoms with van der Waals surface area (Å²) in [5, 5.41) is 8.11. The molecule has 3 aliphatic heterocycles. The summed E-state index contributed by atoms with van der Waals surface area (Å²) in [7, 11) is -3.15. The predicted octanol–water partition coefficient (Wildman–Crippen LogP) is 0.108. The topological polar surface area (TPSA) is 114 Å². The minimum atomic E-state index is -3.15. The number of hydrogen-bond donors (Lipinski definition) is 1. The SMILES string of the molecule is O=C(NC[C@@H]1COc2ccccc2O1)C1=NN([C@H]2CCS(=O)(=O)C2)C(=O)CC1. The molecule has 2 amide bonds. The summed E-state index contributed by atoms with van der Waals surface area (Å²) in [6.07, 6.45) is 0.380. The van der Waals surface area contributed by atoms with Gasteiger partial charge in [-0.3, -0.25) is 9.59 Å². The molecule has 2 atom stereocenters. The number of carbonyl (C=O) groups excluding carboxylic acids is 2. The Morgan fingerprint density at radius 3 is 2.79 bits per heavy atom. The van der Waals surface area contributed by atoms with E-state index in [4.69, 9.17) is 9.47 Å². The first-order valence-electron chi connectivity index (χ1n) is 9.18. The lowest BCUT2D eigenvalue weighted by Gasteiger charge is -2.28. The molecule has 10 heteroatoms. The van der Waals surface area contributed by atoms with Crippen LogP contribution >= 0.6 is 0 Å². The quantitative estimate of drug-likeness (QED) is 0.758. The summed E-state index contributed by atoms with van der Waals surface area (Å²) in [5.41, 5.74) is 0.223. The highest BCUT2D eigenvalue weighted by molar-refractivity contribution is 7.91. The Kier molecular flexibility index (Phi) is 4.96. The fraction of sp³-hybridized carbons (Fsp3) is 0.500. The molecule has 1 aromatic carbocycles. The van der Waals surface area contributed by atoms with E-state index >= 15 is 0 Å². The molecular formula is C18H21N3O6S. The molecule has 0 spiro atoms. The van der Waals surface area contributed by atoms with E-state index < -0.39 is 15.9 Å². The standard InChI is InChI=1S/C18H21N3O6S/c22-17-6-5-14(20-21(17)12-7-8-28(24,25)11-12)18(23)19-9-13-10-26-15-3-1-2-4-16(15)27-13/h1-4,12-13H,5-11H2,(H,19,23)/t12-,13+/m0/s1. The van der Waals surface area contributed by atoms with Crippen LogP contribution in [-0.2, 0) is 19.4 Å². The molecule has 4 rings (SSSR count). The van der Waals surface area contributed by atoms with E-state index in [1.165, 1.54) is 5.01 Å². The van der Waals surface area contributed by atoms with Crippen LogP contribution in [-0.4, -0.2) is 67.8 Å². The average molecular weight is 407 g/mol. The van der Waals surface area contributed by atoms with Crippen LogP contribution in [0.5, 0.6) is 11.5 Å². The van der Waals surface area contributed by atoms with Gasteiger partial charge in [0.2, 0.25) is 5.91 Å². The number of hydrazone groups is 1. The number of rotatable bonds is 4. The van der Waals surface area contributed by atoms with Crippen LogP contribution in [0.15, 0.2) is 29.4 Å². The molecule has 1 aromatic rings. The van der Waals surface area contributed by atoms with Gasteiger partial charge < -0.3 is 14.8 Å². The monoisotopic (exact) mass is 407 g/mol. The molecular weight excluding hydrogens is 386 g/mol. The Morgan fingerprint density at radius 2 is 2.04 bits per heavy atom. The molecule has 28 heavy (non-hydrogen) atoms. The van der Waals surface area contributed by atoms with E-state index in [-0.39, 0.29) is 54.5 Å². The van der Waals surface area contributed by atoms with Crippen LogP contribution < -0.4 is 14.8 Å². The molecule has 1 saturated heterocycles. The van der Waals surface area contributed by atoms with Crippen LogP contribution in [0.4, 0.5) is 0 Å². The van der Waals surface area contributed by atoms with Crippen LogP contribution in [0.3, 0.4) is 0 Å². The summed E-state index contributed by atoms with van der Waals surface area (Å²) in [6.45, 7) is 0.548. The number of nitrogens with one attached hydrogen (secondary N) is 1. The maximum absolute atomic E-state index is 12.5. The highest BCUT2D eigenvalue weighted by Gasteiger charge is 2.37. The number of para-hydroxylation sites is 2. The highest BCUT2D eigenvalue weighted by Crippen LogP contribution is 2.30. The normalized spacial score (nSPS) is 25.9. The minimum absolute atomic E-state index is 0.0407. The van der Waals surface area contributed by atoms with E-state index in [0.29, 0.717) is 24.5 Å². The Bertz CT molecular complexity index is 929. The van der Waals surface area contributed by atoms with Crippen molar-refractivity contribution in [1.29, 1.82) is 0 Å². The van der Waals surface area contributed by atoms with E-state index in [9.17, 15) is 18.0 Å². The zero-order valence-electron chi connectivity index (χ0n) is 15.2. The molecule has 0 aromatic heterocycles. The first kappa shape index (κ1) is 18.7. The third kappa shape index (κ3) is 3.96. The van der Waals surface area contributed by atoms with Gasteiger partial charge in [-0.05, 0) is 18.6 Å². The van der Waals surface area contributed by atoms with Gasteiger partial charge in [0.25, 0.3) is 5.91 Å². The fourth-order valence-corrected chi connectivity index (χ4v) is 5.15. The smallest absolute Gasteiger partial charge is 0.267 e. The molecule has 3 heterocycles. The molecule has 3 aliphatic rings. The van der Waals surface area contributed by atoms with Crippen molar-refractivity contribution in [1.82, 2.24) is 10.3 Å². The van der Waals surface area contributed by atoms with Crippen molar-refractivity contribution in [3.05, 3.63) is 24.3 Å². The molecule has 0 saturated carbocycles. The zero-order chi connectivity index (χ0) is 19.7. The van der Waals surface area contributed by atoms with Gasteiger partial charge in [-0.25, -0.2) is 13.4 Å². The molecule has 1 N–H and O–H groups in total. The Hall–Kier alpha value is -2.62. The van der Waals surface area contributed by atoms with E-state index in [0.717, 1.165) is 0 Å². The fourth-order valence-electron chi connectivity index (χ4n) is 3.46. The lowest BCUT2D eigenvalue weighted by Crippen LogP contribution is -2.46.